The molecule has 1 aliphatic carbocycles. The van der Waals surface area contributed by atoms with Crippen molar-refractivity contribution in [1.29, 1.82) is 0 Å². The molecule has 0 aromatic heterocycles. The lowest BCUT2D eigenvalue weighted by Gasteiger charge is -2.20. The van der Waals surface area contributed by atoms with Crippen LogP contribution in [0.2, 0.25) is 0 Å². The average molecular weight is 280 g/mol. The van der Waals surface area contributed by atoms with Crippen molar-refractivity contribution in [2.24, 2.45) is 0 Å². The predicted molar refractivity (Wildman–Crippen MR) is 89.8 cm³/mol. The van der Waals surface area contributed by atoms with Crippen LogP contribution in [0.5, 0.6) is 0 Å². The fraction of sp³-hybridized carbons (Fsp3) is 0.368. The quantitative estimate of drug-likeness (QED) is 0.810. The van der Waals surface area contributed by atoms with E-state index in [1.807, 2.05) is 0 Å². The van der Waals surface area contributed by atoms with Crippen molar-refractivity contribution in [3.8, 4) is 0 Å². The van der Waals surface area contributed by atoms with E-state index in [1.165, 1.54) is 36.1 Å². The van der Waals surface area contributed by atoms with Gasteiger partial charge >= 0.3 is 0 Å². The fourth-order valence-electron chi connectivity index (χ4n) is 3.17. The molecule has 0 radical (unpaired) electrons. The molecule has 0 fully saturated rings. The molecule has 0 bridgehead atoms. The summed E-state index contributed by atoms with van der Waals surface area (Å²) in [6.07, 6.45) is 3.63. The van der Waals surface area contributed by atoms with Crippen LogP contribution >= 0.6 is 0 Å². The Morgan fingerprint density at radius 1 is 1.05 bits per heavy atom. The molecule has 0 aliphatic heterocycles. The molecule has 2 heteroatoms. The van der Waals surface area contributed by atoms with Gasteiger partial charge in [-0.05, 0) is 49.1 Å². The molecule has 21 heavy (non-hydrogen) atoms. The van der Waals surface area contributed by atoms with Crippen molar-refractivity contribution < 1.29 is 0 Å². The van der Waals surface area contributed by atoms with E-state index < -0.39 is 0 Å². The summed E-state index contributed by atoms with van der Waals surface area (Å²) in [5, 5.41) is 3.72. The van der Waals surface area contributed by atoms with Gasteiger partial charge in [0.1, 0.15) is 0 Å². The number of anilines is 1. The number of fused-ring (bicyclic) bond motifs is 1. The second-order valence-electron chi connectivity index (χ2n) is 5.85. The Hall–Kier alpha value is -1.80. The highest BCUT2D eigenvalue weighted by atomic mass is 15.1. The molecule has 1 N–H and O–H groups in total. The average Bonchev–Trinajstić information content (AvgIpc) is 2.95. The number of nitrogens with one attached hydrogen (secondary N) is 1. The van der Waals surface area contributed by atoms with Gasteiger partial charge in [-0.25, -0.2) is 0 Å². The predicted octanol–water partition coefficient (Wildman–Crippen LogP) is 3.79. The van der Waals surface area contributed by atoms with Gasteiger partial charge in [0, 0.05) is 25.3 Å². The van der Waals surface area contributed by atoms with Gasteiger partial charge in [0.25, 0.3) is 0 Å². The maximum atomic E-state index is 3.72. The highest BCUT2D eigenvalue weighted by molar-refractivity contribution is 5.44. The van der Waals surface area contributed by atoms with E-state index in [0.29, 0.717) is 6.04 Å². The number of para-hydroxylation sites is 1. The number of rotatable bonds is 6. The van der Waals surface area contributed by atoms with Gasteiger partial charge in [0.05, 0.1) is 0 Å². The molecule has 110 valence electrons. The molecule has 2 aromatic carbocycles. The number of nitrogens with zero attached hydrogens (tertiary/aromatic N) is 1. The van der Waals surface area contributed by atoms with E-state index in [-0.39, 0.29) is 0 Å². The van der Waals surface area contributed by atoms with Crippen molar-refractivity contribution in [1.82, 2.24) is 5.32 Å². The van der Waals surface area contributed by atoms with Crippen LogP contribution in [0, 0.1) is 0 Å². The molecular formula is C19H24N2. The third-order valence-electron chi connectivity index (χ3n) is 4.39. The molecule has 1 atom stereocenters. The molecule has 0 heterocycles. The van der Waals surface area contributed by atoms with Gasteiger partial charge in [-0.3, -0.25) is 0 Å². The zero-order valence-electron chi connectivity index (χ0n) is 12.8. The Bertz CT molecular complexity index is 565. The summed E-state index contributed by atoms with van der Waals surface area (Å²) in [6, 6.07) is 20.0. The summed E-state index contributed by atoms with van der Waals surface area (Å²) in [7, 11) is 2.17. The lowest BCUT2D eigenvalue weighted by molar-refractivity contribution is 0.521. The molecule has 0 saturated heterocycles. The van der Waals surface area contributed by atoms with Crippen LogP contribution in [-0.4, -0.2) is 20.1 Å². The first-order valence-corrected chi connectivity index (χ1v) is 7.92. The number of hydrogen-bond acceptors (Lipinski definition) is 2. The third-order valence-corrected chi connectivity index (χ3v) is 4.39. The molecule has 1 aliphatic rings. The summed E-state index contributed by atoms with van der Waals surface area (Å²) in [5.41, 5.74) is 4.33. The first-order chi connectivity index (χ1) is 10.3. The second kappa shape index (κ2) is 6.77. The third kappa shape index (κ3) is 3.45. The summed E-state index contributed by atoms with van der Waals surface area (Å²) in [6.45, 7) is 2.17. The SMILES string of the molecule is CN(CCCNC1CCc2ccccc21)c1ccccc1. The van der Waals surface area contributed by atoms with Gasteiger partial charge in [0.15, 0.2) is 0 Å². The Kier molecular flexibility index (Phi) is 4.56. The van der Waals surface area contributed by atoms with E-state index in [2.05, 4.69) is 71.9 Å². The van der Waals surface area contributed by atoms with E-state index in [4.69, 9.17) is 0 Å². The summed E-state index contributed by atoms with van der Waals surface area (Å²) in [4.78, 5) is 2.32. The number of aryl methyl sites for hydroxylation is 1. The molecule has 0 saturated carbocycles. The highest BCUT2D eigenvalue weighted by Gasteiger charge is 2.20. The van der Waals surface area contributed by atoms with Crippen molar-refractivity contribution >= 4 is 5.69 Å². The van der Waals surface area contributed by atoms with E-state index >= 15 is 0 Å². The van der Waals surface area contributed by atoms with Gasteiger partial charge in [-0.1, -0.05) is 42.5 Å². The molecule has 2 nitrogen and oxygen atoms in total. The number of hydrogen-bond donors (Lipinski definition) is 1. The Labute approximate surface area is 127 Å². The van der Waals surface area contributed by atoms with Crippen LogP contribution in [0.3, 0.4) is 0 Å². The van der Waals surface area contributed by atoms with Crippen LogP contribution in [0.15, 0.2) is 54.6 Å². The zero-order valence-corrected chi connectivity index (χ0v) is 12.8. The molecule has 1 unspecified atom stereocenters. The highest BCUT2D eigenvalue weighted by Crippen LogP contribution is 2.30. The Morgan fingerprint density at radius 3 is 2.67 bits per heavy atom. The smallest absolute Gasteiger partial charge is 0.0363 e. The van der Waals surface area contributed by atoms with E-state index in [1.54, 1.807) is 0 Å². The van der Waals surface area contributed by atoms with Gasteiger partial charge in [0.2, 0.25) is 0 Å². The topological polar surface area (TPSA) is 15.3 Å². The monoisotopic (exact) mass is 280 g/mol. The summed E-state index contributed by atoms with van der Waals surface area (Å²) >= 11 is 0. The fourth-order valence-corrected chi connectivity index (χ4v) is 3.17. The van der Waals surface area contributed by atoms with E-state index in [0.717, 1.165) is 13.1 Å². The normalized spacial score (nSPS) is 16.7. The largest absolute Gasteiger partial charge is 0.375 e. The minimum absolute atomic E-state index is 0.559. The molecule has 2 aromatic rings. The minimum Gasteiger partial charge on any atom is -0.375 e. The molecule has 0 amide bonds. The van der Waals surface area contributed by atoms with Crippen molar-refractivity contribution in [2.45, 2.75) is 25.3 Å². The van der Waals surface area contributed by atoms with Crippen molar-refractivity contribution in [3.63, 3.8) is 0 Å². The molecular weight excluding hydrogens is 256 g/mol. The van der Waals surface area contributed by atoms with Gasteiger partial charge in [-0.2, -0.15) is 0 Å². The second-order valence-corrected chi connectivity index (χ2v) is 5.85. The van der Waals surface area contributed by atoms with Crippen LogP contribution in [0.1, 0.15) is 30.0 Å². The van der Waals surface area contributed by atoms with Gasteiger partial charge in [-0.15, -0.1) is 0 Å². The Morgan fingerprint density at radius 2 is 1.81 bits per heavy atom. The van der Waals surface area contributed by atoms with Crippen LogP contribution in [-0.2, 0) is 6.42 Å². The summed E-state index contributed by atoms with van der Waals surface area (Å²) in [5.74, 6) is 0. The lowest BCUT2D eigenvalue weighted by atomic mass is 10.1. The zero-order chi connectivity index (χ0) is 14.5. The van der Waals surface area contributed by atoms with Crippen LogP contribution in [0.25, 0.3) is 0 Å². The van der Waals surface area contributed by atoms with Crippen LogP contribution in [0.4, 0.5) is 5.69 Å². The van der Waals surface area contributed by atoms with Crippen LogP contribution < -0.4 is 10.2 Å². The standard InChI is InChI=1S/C19H24N2/c1-21(17-9-3-2-4-10-17)15-7-14-20-19-13-12-16-8-5-6-11-18(16)19/h2-6,8-11,19-20H,7,12-15H2,1H3. The molecule has 0 spiro atoms. The lowest BCUT2D eigenvalue weighted by Crippen LogP contribution is -2.25. The Balaban J connectivity index is 1.43. The maximum absolute atomic E-state index is 3.72. The van der Waals surface area contributed by atoms with Crippen molar-refractivity contribution in [3.05, 3.63) is 65.7 Å². The maximum Gasteiger partial charge on any atom is 0.0363 e. The first kappa shape index (κ1) is 14.2. The first-order valence-electron chi connectivity index (χ1n) is 7.92. The van der Waals surface area contributed by atoms with E-state index in [9.17, 15) is 0 Å². The van der Waals surface area contributed by atoms with Gasteiger partial charge < -0.3 is 10.2 Å². The summed E-state index contributed by atoms with van der Waals surface area (Å²) < 4.78 is 0. The van der Waals surface area contributed by atoms with Crippen molar-refractivity contribution in [2.75, 3.05) is 25.0 Å². The molecule has 3 rings (SSSR count). The number of benzene rings is 2. The minimum atomic E-state index is 0.559.